The number of hydrogen-bond donors (Lipinski definition) is 4. The first kappa shape index (κ1) is 25.2. The fourth-order valence-corrected chi connectivity index (χ4v) is 3.74. The Kier molecular flexibility index (Phi) is 8.38. The molecule has 184 valence electrons. The molecule has 0 radical (unpaired) electrons. The van der Waals surface area contributed by atoms with Gasteiger partial charge in [-0.05, 0) is 22.3 Å². The van der Waals surface area contributed by atoms with Gasteiger partial charge < -0.3 is 30.5 Å². The molecule has 0 fully saturated rings. The van der Waals surface area contributed by atoms with Crippen LogP contribution >= 0.6 is 0 Å². The molecule has 0 bridgehead atoms. The van der Waals surface area contributed by atoms with E-state index in [0.29, 0.717) is 0 Å². The molecule has 4 N–H and O–H groups in total. The molecule has 0 heterocycles. The third kappa shape index (κ3) is 6.56. The number of benzene rings is 2. The summed E-state index contributed by atoms with van der Waals surface area (Å²) in [7, 11) is 1.09. The largest absolute Gasteiger partial charge is 0.480 e. The number of amides is 3. The first-order valence-corrected chi connectivity index (χ1v) is 10.7. The Hall–Kier alpha value is -4.41. The lowest BCUT2D eigenvalue weighted by atomic mass is 9.98. The molecule has 3 amide bonds. The topological polar surface area (TPSA) is 160 Å². The van der Waals surface area contributed by atoms with E-state index in [0.717, 1.165) is 29.4 Å². The summed E-state index contributed by atoms with van der Waals surface area (Å²) < 4.78 is 9.70. The van der Waals surface area contributed by atoms with Crippen molar-refractivity contribution in [2.24, 2.45) is 0 Å². The van der Waals surface area contributed by atoms with Crippen LogP contribution in [0.4, 0.5) is 4.79 Å². The zero-order valence-corrected chi connectivity index (χ0v) is 18.9. The standard InChI is InChI=1S/C24H25N3O8/c1-34-22(30)10-19(23(31)32)27-21(29)12-25-20(28)11-26-24(33)35-13-18-16-8-4-2-6-14(16)15-7-3-5-9-17(15)18/h2-9,18-19H,10-13H2,1H3,(H,25,28)(H,26,33)(H,27,29)(H,31,32)/t19-/m1/s1. The van der Waals surface area contributed by atoms with Crippen molar-refractivity contribution in [1.82, 2.24) is 16.0 Å². The molecule has 3 rings (SSSR count). The van der Waals surface area contributed by atoms with E-state index >= 15 is 0 Å². The predicted molar refractivity (Wildman–Crippen MR) is 122 cm³/mol. The van der Waals surface area contributed by atoms with Gasteiger partial charge in [-0.1, -0.05) is 48.5 Å². The molecular formula is C24H25N3O8. The van der Waals surface area contributed by atoms with E-state index in [1.807, 2.05) is 48.5 Å². The number of esters is 1. The smallest absolute Gasteiger partial charge is 0.407 e. The van der Waals surface area contributed by atoms with E-state index in [4.69, 9.17) is 9.84 Å². The first-order valence-electron chi connectivity index (χ1n) is 10.7. The maximum Gasteiger partial charge on any atom is 0.407 e. The molecule has 11 nitrogen and oxygen atoms in total. The lowest BCUT2D eigenvalue weighted by Gasteiger charge is -2.15. The Labute approximate surface area is 200 Å². The number of carboxylic acids is 1. The number of carbonyl (C=O) groups excluding carboxylic acids is 4. The maximum atomic E-state index is 12.1. The molecule has 0 spiro atoms. The van der Waals surface area contributed by atoms with Gasteiger partial charge in [-0.3, -0.25) is 14.4 Å². The van der Waals surface area contributed by atoms with Gasteiger partial charge in [0.05, 0.1) is 20.1 Å². The number of hydrogen-bond acceptors (Lipinski definition) is 7. The molecule has 1 aliphatic rings. The van der Waals surface area contributed by atoms with Crippen molar-refractivity contribution < 1.29 is 38.6 Å². The molecule has 1 aliphatic carbocycles. The molecule has 2 aromatic rings. The van der Waals surface area contributed by atoms with Crippen molar-refractivity contribution >= 4 is 29.8 Å². The highest BCUT2D eigenvalue weighted by Gasteiger charge is 2.29. The van der Waals surface area contributed by atoms with E-state index in [1.165, 1.54) is 0 Å². The second-order valence-electron chi connectivity index (χ2n) is 7.69. The van der Waals surface area contributed by atoms with Crippen LogP contribution in [0.2, 0.25) is 0 Å². The van der Waals surface area contributed by atoms with E-state index in [1.54, 1.807) is 0 Å². The monoisotopic (exact) mass is 483 g/mol. The van der Waals surface area contributed by atoms with Gasteiger partial charge in [-0.15, -0.1) is 0 Å². The predicted octanol–water partition coefficient (Wildman–Crippen LogP) is 0.774. The highest BCUT2D eigenvalue weighted by atomic mass is 16.5. The van der Waals surface area contributed by atoms with Gasteiger partial charge in [0.2, 0.25) is 11.8 Å². The number of ether oxygens (including phenoxy) is 2. The first-order chi connectivity index (χ1) is 16.8. The van der Waals surface area contributed by atoms with Crippen molar-refractivity contribution in [2.75, 3.05) is 26.8 Å². The number of carbonyl (C=O) groups is 5. The second-order valence-corrected chi connectivity index (χ2v) is 7.69. The molecule has 0 aliphatic heterocycles. The van der Waals surface area contributed by atoms with Gasteiger partial charge >= 0.3 is 18.0 Å². The van der Waals surface area contributed by atoms with Crippen LogP contribution in [0.15, 0.2) is 48.5 Å². The highest BCUT2D eigenvalue weighted by Crippen LogP contribution is 2.44. The molecule has 1 atom stereocenters. The minimum absolute atomic E-state index is 0.0840. The van der Waals surface area contributed by atoms with E-state index < -0.39 is 55.4 Å². The van der Waals surface area contributed by atoms with Gasteiger partial charge in [-0.25, -0.2) is 9.59 Å². The molecule has 0 saturated carbocycles. The molecular weight excluding hydrogens is 458 g/mol. The Morgan fingerprint density at radius 1 is 0.886 bits per heavy atom. The number of fused-ring (bicyclic) bond motifs is 3. The summed E-state index contributed by atoms with van der Waals surface area (Å²) in [6, 6.07) is 14.3. The van der Waals surface area contributed by atoms with E-state index in [-0.39, 0.29) is 12.5 Å². The van der Waals surface area contributed by atoms with Gasteiger partial charge in [0, 0.05) is 5.92 Å². The van der Waals surface area contributed by atoms with Crippen LogP contribution in [-0.2, 0) is 28.7 Å². The van der Waals surface area contributed by atoms with Crippen molar-refractivity contribution in [3.63, 3.8) is 0 Å². The minimum Gasteiger partial charge on any atom is -0.480 e. The quantitative estimate of drug-likeness (QED) is 0.361. The van der Waals surface area contributed by atoms with Crippen LogP contribution in [-0.4, -0.2) is 67.8 Å². The number of methoxy groups -OCH3 is 1. The lowest BCUT2D eigenvalue weighted by Crippen LogP contribution is -2.47. The third-order valence-electron chi connectivity index (χ3n) is 5.41. The third-order valence-corrected chi connectivity index (χ3v) is 5.41. The molecule has 0 unspecified atom stereocenters. The normalized spacial score (nSPS) is 12.5. The Bertz CT molecular complexity index is 1090. The molecule has 35 heavy (non-hydrogen) atoms. The lowest BCUT2D eigenvalue weighted by molar-refractivity contribution is -0.148. The van der Waals surface area contributed by atoms with Crippen molar-refractivity contribution in [2.45, 2.75) is 18.4 Å². The fourth-order valence-electron chi connectivity index (χ4n) is 3.74. The van der Waals surface area contributed by atoms with Crippen molar-refractivity contribution in [1.29, 1.82) is 0 Å². The summed E-state index contributed by atoms with van der Waals surface area (Å²) >= 11 is 0. The minimum atomic E-state index is -1.49. The van der Waals surface area contributed by atoms with Crippen LogP contribution < -0.4 is 16.0 Å². The van der Waals surface area contributed by atoms with Crippen LogP contribution in [0.3, 0.4) is 0 Å². The fraction of sp³-hybridized carbons (Fsp3) is 0.292. The van der Waals surface area contributed by atoms with E-state index in [9.17, 15) is 24.0 Å². The van der Waals surface area contributed by atoms with Gasteiger partial charge in [0.25, 0.3) is 0 Å². The highest BCUT2D eigenvalue weighted by molar-refractivity contribution is 5.90. The number of rotatable bonds is 10. The Morgan fingerprint density at radius 2 is 1.46 bits per heavy atom. The van der Waals surface area contributed by atoms with Gasteiger partial charge in [0.15, 0.2) is 0 Å². The Morgan fingerprint density at radius 3 is 2.03 bits per heavy atom. The number of carboxylic acid groups (broad SMARTS) is 1. The second kappa shape index (κ2) is 11.6. The number of aliphatic carboxylic acids is 1. The summed E-state index contributed by atoms with van der Waals surface area (Å²) in [5, 5.41) is 15.7. The van der Waals surface area contributed by atoms with Gasteiger partial charge in [0.1, 0.15) is 19.2 Å². The SMILES string of the molecule is COC(=O)C[C@@H](NC(=O)CNC(=O)CNC(=O)OCC1c2ccccc2-c2ccccc21)C(=O)O. The molecule has 0 aromatic heterocycles. The average Bonchev–Trinajstić information content (AvgIpc) is 3.18. The summed E-state index contributed by atoms with van der Waals surface area (Å²) in [5.41, 5.74) is 4.28. The van der Waals surface area contributed by atoms with Crippen LogP contribution in [0.25, 0.3) is 11.1 Å². The molecule has 11 heteroatoms. The van der Waals surface area contributed by atoms with Crippen LogP contribution in [0.1, 0.15) is 23.5 Å². The summed E-state index contributed by atoms with van der Waals surface area (Å²) in [5.74, 6) is -3.87. The summed E-state index contributed by atoms with van der Waals surface area (Å²) in [6.07, 6.45) is -1.36. The molecule has 0 saturated heterocycles. The summed E-state index contributed by atoms with van der Waals surface area (Å²) in [4.78, 5) is 58.3. The zero-order valence-electron chi connectivity index (χ0n) is 18.9. The summed E-state index contributed by atoms with van der Waals surface area (Å²) in [6.45, 7) is -0.911. The van der Waals surface area contributed by atoms with Crippen LogP contribution in [0, 0.1) is 0 Å². The zero-order chi connectivity index (χ0) is 25.4. The maximum absolute atomic E-state index is 12.1. The Balaban J connectivity index is 1.42. The van der Waals surface area contributed by atoms with Crippen LogP contribution in [0.5, 0.6) is 0 Å². The van der Waals surface area contributed by atoms with Crippen molar-refractivity contribution in [3.8, 4) is 11.1 Å². The number of alkyl carbamates (subject to hydrolysis) is 1. The molecule has 2 aromatic carbocycles. The van der Waals surface area contributed by atoms with Crippen molar-refractivity contribution in [3.05, 3.63) is 59.7 Å². The number of nitrogens with one attached hydrogen (secondary N) is 3. The van der Waals surface area contributed by atoms with Gasteiger partial charge in [-0.2, -0.15) is 0 Å². The van der Waals surface area contributed by atoms with E-state index in [2.05, 4.69) is 20.7 Å². The average molecular weight is 483 g/mol.